The van der Waals surface area contributed by atoms with E-state index in [1.807, 2.05) is 0 Å². The van der Waals surface area contributed by atoms with Crippen molar-refractivity contribution in [2.75, 3.05) is 6.61 Å². The van der Waals surface area contributed by atoms with Crippen LogP contribution in [0.2, 0.25) is 0 Å². The van der Waals surface area contributed by atoms with Crippen molar-refractivity contribution in [1.29, 1.82) is 5.26 Å². The molecule has 0 aliphatic carbocycles. The van der Waals surface area contributed by atoms with Crippen LogP contribution in [0, 0.1) is 27.3 Å². The maximum atomic E-state index is 14.8. The Morgan fingerprint density at radius 3 is 2.36 bits per heavy atom. The second-order valence-electron chi connectivity index (χ2n) is 7.21. The average molecular weight is 555 g/mol. The Bertz CT molecular complexity index is 1250. The number of benzene rings is 1. The lowest BCUT2D eigenvalue weighted by atomic mass is 9.79. The molecular formula is C18H15BrF4N4O5S. The molecule has 0 saturated carbocycles. The summed E-state index contributed by atoms with van der Waals surface area (Å²) in [6.07, 6.45) is -5.18. The largest absolute Gasteiger partial charge is 0.430 e. The van der Waals surface area contributed by atoms with Crippen molar-refractivity contribution in [3.63, 3.8) is 0 Å². The number of nitriles is 1. The van der Waals surface area contributed by atoms with Crippen LogP contribution in [-0.4, -0.2) is 36.7 Å². The first-order valence-electron chi connectivity index (χ1n) is 8.72. The lowest BCUT2D eigenvalue weighted by Gasteiger charge is -2.34. The monoisotopic (exact) mass is 554 g/mol. The van der Waals surface area contributed by atoms with Gasteiger partial charge < -0.3 is 4.74 Å². The van der Waals surface area contributed by atoms with Crippen LogP contribution in [0.3, 0.4) is 0 Å². The van der Waals surface area contributed by atoms with Crippen LogP contribution in [-0.2, 0) is 20.2 Å². The van der Waals surface area contributed by atoms with E-state index in [0.29, 0.717) is 6.92 Å². The molecule has 0 bridgehead atoms. The van der Waals surface area contributed by atoms with Crippen molar-refractivity contribution >= 4 is 31.6 Å². The van der Waals surface area contributed by atoms with Gasteiger partial charge in [-0.1, -0.05) is 0 Å². The predicted molar refractivity (Wildman–Crippen MR) is 109 cm³/mol. The maximum absolute atomic E-state index is 14.8. The number of nitro benzene ring substituents is 1. The fourth-order valence-electron chi connectivity index (χ4n) is 2.86. The highest BCUT2D eigenvalue weighted by Gasteiger charge is 2.55. The summed E-state index contributed by atoms with van der Waals surface area (Å²) in [6, 6.07) is 5.34. The number of sulfonamides is 1. The zero-order valence-electron chi connectivity index (χ0n) is 16.9. The summed E-state index contributed by atoms with van der Waals surface area (Å²) in [5.41, 5.74) is -7.38. The van der Waals surface area contributed by atoms with Gasteiger partial charge in [0.2, 0.25) is 15.6 Å². The van der Waals surface area contributed by atoms with Crippen LogP contribution in [0.5, 0.6) is 0 Å². The molecule has 2 aromatic rings. The summed E-state index contributed by atoms with van der Waals surface area (Å²) in [6.45, 7) is 0.333. The van der Waals surface area contributed by atoms with Gasteiger partial charge in [0.05, 0.1) is 27.5 Å². The van der Waals surface area contributed by atoms with Crippen LogP contribution in [0.1, 0.15) is 25.1 Å². The molecule has 0 aliphatic rings. The molecule has 1 heterocycles. The Balaban J connectivity index is 2.90. The third kappa shape index (κ3) is 5.29. The number of rotatable bonds is 7. The van der Waals surface area contributed by atoms with Crippen molar-refractivity contribution in [3.8, 4) is 6.07 Å². The van der Waals surface area contributed by atoms with Crippen molar-refractivity contribution in [3.05, 3.63) is 62.1 Å². The maximum Gasteiger partial charge on any atom is 0.430 e. The van der Waals surface area contributed by atoms with E-state index < -0.39 is 66.4 Å². The molecule has 2 atom stereocenters. The zero-order valence-corrected chi connectivity index (χ0v) is 19.3. The molecule has 2 N–H and O–H groups in total. The Morgan fingerprint density at radius 2 is 1.88 bits per heavy atom. The minimum Gasteiger partial charge on any atom is -0.351 e. The third-order valence-electron chi connectivity index (χ3n) is 4.81. The minimum absolute atomic E-state index is 0.0200. The van der Waals surface area contributed by atoms with Gasteiger partial charge in [-0.15, -0.1) is 0 Å². The number of primary sulfonamides is 1. The molecule has 33 heavy (non-hydrogen) atoms. The van der Waals surface area contributed by atoms with Crippen LogP contribution < -0.4 is 5.14 Å². The zero-order chi connectivity index (χ0) is 25.4. The van der Waals surface area contributed by atoms with Gasteiger partial charge in [-0.2, -0.15) is 18.4 Å². The average Bonchev–Trinajstić information content (AvgIpc) is 2.71. The number of pyridine rings is 1. The van der Waals surface area contributed by atoms with E-state index >= 15 is 0 Å². The lowest BCUT2D eigenvalue weighted by molar-refractivity contribution is -0.385. The number of hydrogen-bond donors (Lipinski definition) is 1. The van der Waals surface area contributed by atoms with Gasteiger partial charge in [0, 0.05) is 12.1 Å². The molecule has 0 spiro atoms. The van der Waals surface area contributed by atoms with Crippen molar-refractivity contribution < 1.29 is 35.6 Å². The van der Waals surface area contributed by atoms with Gasteiger partial charge in [-0.05, 0) is 53.5 Å². The number of non-ortho nitro benzene ring substituents is 1. The summed E-state index contributed by atoms with van der Waals surface area (Å²) in [7, 11) is -4.61. The highest BCUT2D eigenvalue weighted by molar-refractivity contribution is 9.10. The number of ether oxygens (including phenoxy) is 1. The molecule has 9 nitrogen and oxygen atoms in total. The number of nitrogens with two attached hydrogens (primary N) is 1. The molecule has 178 valence electrons. The van der Waals surface area contributed by atoms with Gasteiger partial charge in [0.15, 0.2) is 0 Å². The molecule has 0 amide bonds. The Kier molecular flexibility index (Phi) is 7.20. The molecular weight excluding hydrogens is 540 g/mol. The molecule has 1 aromatic carbocycles. The van der Waals surface area contributed by atoms with E-state index in [0.717, 1.165) is 37.3 Å². The second-order valence-corrected chi connectivity index (χ2v) is 9.55. The summed E-state index contributed by atoms with van der Waals surface area (Å²) in [5, 5.41) is 25.6. The summed E-state index contributed by atoms with van der Waals surface area (Å²) in [5.74, 6) is -1.08. The summed E-state index contributed by atoms with van der Waals surface area (Å²) in [4.78, 5) is 13.6. The van der Waals surface area contributed by atoms with E-state index in [1.54, 1.807) is 0 Å². The van der Waals surface area contributed by atoms with Crippen LogP contribution in [0.4, 0.5) is 23.2 Å². The van der Waals surface area contributed by atoms with E-state index in [1.165, 1.54) is 6.07 Å². The first kappa shape index (κ1) is 26.6. The quantitative estimate of drug-likeness (QED) is 0.237. The van der Waals surface area contributed by atoms with E-state index in [-0.39, 0.29) is 4.60 Å². The van der Waals surface area contributed by atoms with Gasteiger partial charge in [0.1, 0.15) is 16.5 Å². The van der Waals surface area contributed by atoms with Gasteiger partial charge in [0.25, 0.3) is 5.69 Å². The van der Waals surface area contributed by atoms with Crippen LogP contribution in [0.15, 0.2) is 39.8 Å². The Morgan fingerprint density at radius 1 is 1.27 bits per heavy atom. The molecule has 0 unspecified atom stereocenters. The smallest absolute Gasteiger partial charge is 0.351 e. The number of halogens is 5. The first-order valence-corrected chi connectivity index (χ1v) is 11.1. The SMILES string of the molecule is C[C@@](CO[C@](C)(C#N)C(F)(F)F)(c1cc([N+](=O)[O-])ccc1S(N)(=O)=O)c1nc(Br)ccc1F. The predicted octanol–water partition coefficient (Wildman–Crippen LogP) is 3.71. The number of aromatic nitrogens is 1. The first-order chi connectivity index (χ1) is 15.0. The molecule has 15 heteroatoms. The molecule has 0 radical (unpaired) electrons. The van der Waals surface area contributed by atoms with Crippen molar-refractivity contribution in [1.82, 2.24) is 4.98 Å². The van der Waals surface area contributed by atoms with Crippen molar-refractivity contribution in [2.45, 2.75) is 35.9 Å². The molecule has 2 rings (SSSR count). The highest BCUT2D eigenvalue weighted by atomic mass is 79.9. The summed E-state index contributed by atoms with van der Waals surface area (Å²) < 4.78 is 84.4. The standard InChI is InChI=1S/C18H15BrF4N4O5S/c1-16(15-12(20)4-6-14(19)26-15,9-32-17(2,8-24)18(21,22)23)11-7-10(27(28)29)3-5-13(11)33(25,30)31/h3-7H,9H2,1-2H3,(H2,25,30,31)/t16-,17-/m1/s1. The number of alkyl halides is 3. The van der Waals surface area contributed by atoms with E-state index in [9.17, 15) is 36.1 Å². The summed E-state index contributed by atoms with van der Waals surface area (Å²) >= 11 is 2.99. The fraction of sp³-hybridized carbons (Fsp3) is 0.333. The molecule has 0 fully saturated rings. The lowest BCUT2D eigenvalue weighted by Crippen LogP contribution is -2.47. The number of nitro groups is 1. The topological polar surface area (TPSA) is 149 Å². The molecule has 1 aromatic heterocycles. The van der Waals surface area contributed by atoms with E-state index in [2.05, 4.69) is 20.9 Å². The van der Waals surface area contributed by atoms with Crippen LogP contribution in [0.25, 0.3) is 0 Å². The van der Waals surface area contributed by atoms with E-state index in [4.69, 9.17) is 15.1 Å². The Hall–Kier alpha value is -2.67. The Labute approximate surface area is 193 Å². The third-order valence-corrected chi connectivity index (χ3v) is 6.22. The fourth-order valence-corrected chi connectivity index (χ4v) is 4.01. The number of nitrogens with zero attached hydrogens (tertiary/aromatic N) is 3. The highest BCUT2D eigenvalue weighted by Crippen LogP contribution is 2.41. The normalized spacial score (nSPS) is 15.8. The number of hydrogen-bond acceptors (Lipinski definition) is 7. The van der Waals surface area contributed by atoms with Crippen molar-refractivity contribution in [2.24, 2.45) is 5.14 Å². The molecule has 0 saturated heterocycles. The second kappa shape index (κ2) is 8.93. The van der Waals surface area contributed by atoms with Crippen LogP contribution >= 0.6 is 15.9 Å². The van der Waals surface area contributed by atoms with Gasteiger partial charge in [-0.25, -0.2) is 22.9 Å². The minimum atomic E-state index is -5.18. The van der Waals surface area contributed by atoms with Gasteiger partial charge >= 0.3 is 6.18 Å². The molecule has 0 aliphatic heterocycles. The van der Waals surface area contributed by atoms with Gasteiger partial charge in [-0.3, -0.25) is 10.1 Å².